The number of fused-ring (bicyclic) bond motifs is 6. The number of likely N-dealkylation sites (tertiary alicyclic amines) is 2. The van der Waals surface area contributed by atoms with E-state index < -0.39 is 11.7 Å². The molecule has 1 aromatic carbocycles. The number of aromatic nitrogens is 2. The van der Waals surface area contributed by atoms with Gasteiger partial charge in [0, 0.05) is 40.5 Å². The first kappa shape index (κ1) is 24.9. The van der Waals surface area contributed by atoms with E-state index in [2.05, 4.69) is 26.4 Å². The lowest BCUT2D eigenvalue weighted by atomic mass is 9.60. The quantitative estimate of drug-likeness (QED) is 0.443. The molecule has 0 spiro atoms. The van der Waals surface area contributed by atoms with Crippen LogP contribution in [0, 0.1) is 23.7 Å². The molecular weight excluding hydrogens is 527 g/mol. The summed E-state index contributed by atoms with van der Waals surface area (Å²) >= 11 is 0. The van der Waals surface area contributed by atoms with Crippen molar-refractivity contribution in [2.45, 2.75) is 13.1 Å². The number of hydrogen-bond acceptors (Lipinski definition) is 8. The second-order valence-electron chi connectivity index (χ2n) is 10.7. The molecule has 10 nitrogen and oxygen atoms in total. The van der Waals surface area contributed by atoms with E-state index in [-0.39, 0.29) is 55.5 Å². The summed E-state index contributed by atoms with van der Waals surface area (Å²) in [4.78, 5) is 39.1. The van der Waals surface area contributed by atoms with Crippen LogP contribution in [-0.2, 0) is 6.18 Å². The first-order valence-corrected chi connectivity index (χ1v) is 13.2. The average Bonchev–Trinajstić information content (AvgIpc) is 3.66. The monoisotopic (exact) mass is 557 g/mol. The van der Waals surface area contributed by atoms with Gasteiger partial charge < -0.3 is 20.0 Å². The van der Waals surface area contributed by atoms with Gasteiger partial charge in [0.15, 0.2) is 5.82 Å². The Morgan fingerprint density at radius 2 is 1.57 bits per heavy atom. The summed E-state index contributed by atoms with van der Waals surface area (Å²) < 4.78 is 45.4. The van der Waals surface area contributed by atoms with Crippen LogP contribution in [0.1, 0.15) is 36.3 Å². The molecule has 2 saturated heterocycles. The fourth-order valence-corrected chi connectivity index (χ4v) is 6.72. The van der Waals surface area contributed by atoms with Crippen molar-refractivity contribution < 1.29 is 30.4 Å². The predicted octanol–water partition coefficient (Wildman–Crippen LogP) is 3.89. The van der Waals surface area contributed by atoms with Crippen molar-refractivity contribution in [2.24, 2.45) is 23.7 Å². The van der Waals surface area contributed by atoms with E-state index >= 15 is 0 Å². The SMILES string of the molecule is CCOc1cc(C(=O)N2CC3C(C2)[C@@H]2CN(C(=O)c4ccc5c(n4)NNN5)C[C@H]32)nc2ccc(C(F)(F)F)cc12.[HH].[HH]. The van der Waals surface area contributed by atoms with E-state index in [0.717, 1.165) is 17.8 Å². The van der Waals surface area contributed by atoms with Crippen LogP contribution in [0.5, 0.6) is 5.75 Å². The van der Waals surface area contributed by atoms with Gasteiger partial charge in [-0.1, -0.05) is 0 Å². The summed E-state index contributed by atoms with van der Waals surface area (Å²) in [6, 6.07) is 8.21. The van der Waals surface area contributed by atoms with Gasteiger partial charge in [-0.25, -0.2) is 9.97 Å². The largest absolute Gasteiger partial charge is 0.493 e. The smallest absolute Gasteiger partial charge is 0.416 e. The number of benzene rings is 1. The molecule has 3 aliphatic heterocycles. The van der Waals surface area contributed by atoms with Crippen LogP contribution in [0.2, 0.25) is 0 Å². The third-order valence-electron chi connectivity index (χ3n) is 8.61. The molecule has 0 bridgehead atoms. The van der Waals surface area contributed by atoms with Gasteiger partial charge in [0.25, 0.3) is 11.8 Å². The van der Waals surface area contributed by atoms with Gasteiger partial charge in [0.2, 0.25) is 0 Å². The number of pyridine rings is 2. The van der Waals surface area contributed by atoms with Crippen LogP contribution in [0.3, 0.4) is 0 Å². The van der Waals surface area contributed by atoms with E-state index in [4.69, 9.17) is 4.74 Å². The molecule has 3 fully saturated rings. The summed E-state index contributed by atoms with van der Waals surface area (Å²) in [5, 5.41) is 0.218. The lowest BCUT2D eigenvalue weighted by Gasteiger charge is -2.42. The minimum Gasteiger partial charge on any atom is -0.493 e. The minimum atomic E-state index is -4.50. The second kappa shape index (κ2) is 8.95. The minimum absolute atomic E-state index is 0. The number of anilines is 2. The maximum Gasteiger partial charge on any atom is 0.416 e. The zero-order valence-corrected chi connectivity index (χ0v) is 21.5. The lowest BCUT2D eigenvalue weighted by Crippen LogP contribution is -2.44. The van der Waals surface area contributed by atoms with Crippen molar-refractivity contribution in [3.63, 3.8) is 0 Å². The molecule has 3 aromatic rings. The fourth-order valence-electron chi connectivity index (χ4n) is 6.72. The van der Waals surface area contributed by atoms with Crippen molar-refractivity contribution in [3.8, 4) is 5.75 Å². The zero-order valence-electron chi connectivity index (χ0n) is 21.5. The van der Waals surface area contributed by atoms with Crippen LogP contribution < -0.4 is 21.1 Å². The number of alkyl halides is 3. The van der Waals surface area contributed by atoms with Crippen molar-refractivity contribution in [1.29, 1.82) is 0 Å². The van der Waals surface area contributed by atoms with Crippen LogP contribution in [0.25, 0.3) is 10.9 Å². The highest BCUT2D eigenvalue weighted by atomic mass is 19.4. The number of nitrogens with one attached hydrogen (secondary N) is 3. The number of carbonyl (C=O) groups excluding carboxylic acids is 2. The highest BCUT2D eigenvalue weighted by Crippen LogP contribution is 2.54. The molecule has 2 aromatic heterocycles. The highest BCUT2D eigenvalue weighted by Gasteiger charge is 2.59. The number of hydrogen-bond donors (Lipinski definition) is 3. The maximum atomic E-state index is 13.5. The molecule has 4 atom stereocenters. The summed E-state index contributed by atoms with van der Waals surface area (Å²) in [5.41, 5.74) is 9.31. The average molecular weight is 558 g/mol. The third-order valence-corrected chi connectivity index (χ3v) is 8.61. The molecule has 40 heavy (non-hydrogen) atoms. The lowest BCUT2D eigenvalue weighted by molar-refractivity contribution is -0.137. The molecule has 0 radical (unpaired) electrons. The van der Waals surface area contributed by atoms with Crippen molar-refractivity contribution >= 4 is 34.2 Å². The summed E-state index contributed by atoms with van der Waals surface area (Å²) in [5.74, 6) is 1.62. The molecular formula is C27H30F3N7O3. The number of rotatable bonds is 4. The number of ether oxygens (including phenoxy) is 1. The first-order valence-electron chi connectivity index (χ1n) is 13.2. The number of hydrazine groups is 2. The number of halogens is 3. The Kier molecular flexibility index (Phi) is 5.56. The van der Waals surface area contributed by atoms with E-state index in [1.54, 1.807) is 24.0 Å². The third kappa shape index (κ3) is 3.90. The molecule has 3 N–H and O–H groups in total. The predicted molar refractivity (Wildman–Crippen MR) is 143 cm³/mol. The molecule has 13 heteroatoms. The molecule has 2 amide bonds. The van der Waals surface area contributed by atoms with Gasteiger partial charge in [-0.2, -0.15) is 13.2 Å². The standard InChI is InChI=1S/C27H26F3N7O3.2H2/c1-2-40-23-8-22(31-19-4-3-13(7-14(19)23)27(28,29)30)26(39)37-11-17-15-9-36(10-16(15)18(17)12-37)25(38)21-6-5-20-24(32-21)34-35-33-20;;/h3-8,15-18,33,35H,2,9-12H2,1H3,(H,32,34);2*1H/t15-,16+,17?,18?;;. The number of nitrogens with zero attached hydrogens (tertiary/aromatic N) is 4. The Bertz CT molecular complexity index is 1540. The Morgan fingerprint density at radius 3 is 2.20 bits per heavy atom. The second-order valence-corrected chi connectivity index (χ2v) is 10.7. The Labute approximate surface area is 229 Å². The first-order chi connectivity index (χ1) is 19.2. The van der Waals surface area contributed by atoms with Crippen LogP contribution in [0.4, 0.5) is 24.7 Å². The normalized spacial score (nSPS) is 24.6. The summed E-state index contributed by atoms with van der Waals surface area (Å²) in [6.07, 6.45) is -4.50. The molecule has 1 aliphatic carbocycles. The topological polar surface area (TPSA) is 112 Å². The summed E-state index contributed by atoms with van der Waals surface area (Å²) in [7, 11) is 0. The number of carbonyl (C=O) groups is 2. The van der Waals surface area contributed by atoms with E-state index in [1.165, 1.54) is 12.1 Å². The molecule has 7 rings (SSSR count). The molecule has 4 aliphatic rings. The van der Waals surface area contributed by atoms with Gasteiger partial charge in [-0.15, -0.1) is 5.53 Å². The van der Waals surface area contributed by atoms with Crippen LogP contribution in [-0.4, -0.2) is 64.4 Å². The molecule has 1 saturated carbocycles. The Hall–Kier alpha value is -4.13. The molecule has 2 unspecified atom stereocenters. The molecule has 212 valence electrons. The Balaban J connectivity index is 0.00000176. The van der Waals surface area contributed by atoms with Crippen molar-refractivity contribution in [2.75, 3.05) is 43.6 Å². The maximum absolute atomic E-state index is 13.5. The zero-order chi connectivity index (χ0) is 27.8. The van der Waals surface area contributed by atoms with Crippen molar-refractivity contribution in [3.05, 3.63) is 53.3 Å². The van der Waals surface area contributed by atoms with Gasteiger partial charge in [-0.05, 0) is 60.9 Å². The van der Waals surface area contributed by atoms with E-state index in [0.29, 0.717) is 49.5 Å². The van der Waals surface area contributed by atoms with Gasteiger partial charge in [0.1, 0.15) is 17.1 Å². The highest BCUT2D eigenvalue weighted by molar-refractivity contribution is 5.97. The Morgan fingerprint density at radius 1 is 0.925 bits per heavy atom. The van der Waals surface area contributed by atoms with Gasteiger partial charge in [0.05, 0.1) is 23.4 Å². The van der Waals surface area contributed by atoms with Gasteiger partial charge in [-0.3, -0.25) is 15.0 Å². The van der Waals surface area contributed by atoms with Gasteiger partial charge >= 0.3 is 6.18 Å². The molecule has 5 heterocycles. The van der Waals surface area contributed by atoms with E-state index in [9.17, 15) is 22.8 Å². The fraction of sp³-hybridized carbons (Fsp3) is 0.407. The van der Waals surface area contributed by atoms with Crippen LogP contribution >= 0.6 is 0 Å². The van der Waals surface area contributed by atoms with E-state index in [1.807, 2.05) is 4.90 Å². The summed E-state index contributed by atoms with van der Waals surface area (Å²) in [6.45, 7) is 4.33. The van der Waals surface area contributed by atoms with Crippen LogP contribution in [0.15, 0.2) is 36.4 Å². The number of amides is 2. The van der Waals surface area contributed by atoms with Crippen molar-refractivity contribution in [1.82, 2.24) is 25.3 Å².